The fourth-order valence-corrected chi connectivity index (χ4v) is 3.60. The molecule has 2 aromatic rings. The van der Waals surface area contributed by atoms with Crippen LogP contribution in [0.15, 0.2) is 41.6 Å². The normalized spacial score (nSPS) is 20.0. The van der Waals surface area contributed by atoms with Crippen LogP contribution in [0.4, 0.5) is 11.4 Å². The molecule has 2 heterocycles. The summed E-state index contributed by atoms with van der Waals surface area (Å²) >= 11 is 0. The van der Waals surface area contributed by atoms with E-state index in [2.05, 4.69) is 5.16 Å². The van der Waals surface area contributed by atoms with Crippen LogP contribution in [0, 0.1) is 23.0 Å². The Hall–Kier alpha value is -3.95. The molecule has 2 atom stereocenters. The van der Waals surface area contributed by atoms with Crippen molar-refractivity contribution in [2.45, 2.75) is 13.0 Å². The molecule has 0 aromatic heterocycles. The van der Waals surface area contributed by atoms with Crippen LogP contribution in [-0.4, -0.2) is 42.8 Å². The molecule has 2 aliphatic heterocycles. The summed E-state index contributed by atoms with van der Waals surface area (Å²) in [6.07, 6.45) is -1.14. The summed E-state index contributed by atoms with van der Waals surface area (Å²) in [5, 5.41) is 15.2. The van der Waals surface area contributed by atoms with E-state index in [1.165, 1.54) is 32.4 Å². The number of nitro benzene ring substituents is 1. The van der Waals surface area contributed by atoms with Gasteiger partial charge in [0.1, 0.15) is 23.1 Å². The van der Waals surface area contributed by atoms with E-state index in [4.69, 9.17) is 14.3 Å². The number of carbonyl (C=O) groups excluding carboxylic acids is 2. The third-order valence-corrected chi connectivity index (χ3v) is 5.14. The Morgan fingerprint density at radius 1 is 1.10 bits per heavy atom. The molecule has 0 bridgehead atoms. The topological polar surface area (TPSA) is 121 Å². The highest BCUT2D eigenvalue weighted by molar-refractivity contribution is 6.32. The zero-order chi connectivity index (χ0) is 21.6. The van der Waals surface area contributed by atoms with Crippen molar-refractivity contribution in [2.75, 3.05) is 19.1 Å². The maximum absolute atomic E-state index is 13.2. The quantitative estimate of drug-likeness (QED) is 0.420. The van der Waals surface area contributed by atoms with Crippen molar-refractivity contribution < 1.29 is 28.8 Å². The number of ether oxygens (including phenoxy) is 2. The van der Waals surface area contributed by atoms with Gasteiger partial charge in [-0.3, -0.25) is 19.7 Å². The Balaban J connectivity index is 1.72. The molecule has 2 aliphatic rings. The van der Waals surface area contributed by atoms with Crippen LogP contribution in [0.25, 0.3) is 0 Å². The average Bonchev–Trinajstić information content (AvgIpc) is 3.28. The fourth-order valence-electron chi connectivity index (χ4n) is 3.60. The van der Waals surface area contributed by atoms with Crippen molar-refractivity contribution in [1.82, 2.24) is 0 Å². The van der Waals surface area contributed by atoms with E-state index in [9.17, 15) is 19.7 Å². The van der Waals surface area contributed by atoms with Gasteiger partial charge in [0.25, 0.3) is 11.6 Å². The van der Waals surface area contributed by atoms with Crippen LogP contribution in [0.3, 0.4) is 0 Å². The average molecular weight is 411 g/mol. The number of benzene rings is 2. The predicted molar refractivity (Wildman–Crippen MR) is 105 cm³/mol. The van der Waals surface area contributed by atoms with Gasteiger partial charge in [0.05, 0.1) is 24.8 Å². The van der Waals surface area contributed by atoms with Crippen molar-refractivity contribution in [3.8, 4) is 11.5 Å². The van der Waals surface area contributed by atoms with Gasteiger partial charge < -0.3 is 14.3 Å². The number of anilines is 1. The van der Waals surface area contributed by atoms with Crippen molar-refractivity contribution in [3.63, 3.8) is 0 Å². The van der Waals surface area contributed by atoms with E-state index in [1.54, 1.807) is 25.1 Å². The molecule has 0 unspecified atom stereocenters. The second kappa shape index (κ2) is 7.14. The molecular formula is C20H17N3O7. The Kier molecular flexibility index (Phi) is 4.61. The standard InChI is InChI=1S/C20H17N3O7/c1-10-4-5-11(8-14(10)23(26)27)22-19(24)16-17(21-30-18(16)20(22)25)13-7-6-12(28-2)9-15(13)29-3/h4-9,16,18H,1-3H3/t16-,18-/m1/s1. The molecule has 0 N–H and O–H groups in total. The summed E-state index contributed by atoms with van der Waals surface area (Å²) in [6.45, 7) is 1.58. The van der Waals surface area contributed by atoms with Crippen molar-refractivity contribution >= 4 is 28.9 Å². The van der Waals surface area contributed by atoms with E-state index in [0.717, 1.165) is 4.90 Å². The first-order chi connectivity index (χ1) is 14.4. The number of nitro groups is 1. The minimum Gasteiger partial charge on any atom is -0.497 e. The van der Waals surface area contributed by atoms with Crippen LogP contribution in [0.1, 0.15) is 11.1 Å². The monoisotopic (exact) mass is 411 g/mol. The first kappa shape index (κ1) is 19.4. The van der Waals surface area contributed by atoms with Crippen LogP contribution in [0.5, 0.6) is 11.5 Å². The van der Waals surface area contributed by atoms with Gasteiger partial charge in [0.15, 0.2) is 0 Å². The number of methoxy groups -OCH3 is 2. The van der Waals surface area contributed by atoms with Gasteiger partial charge in [-0.1, -0.05) is 11.2 Å². The SMILES string of the molecule is COc1ccc(C2=NO[C@H]3C(=O)N(c4ccc(C)c([N+](=O)[O-])c4)C(=O)[C@H]23)c(OC)c1. The molecule has 10 heteroatoms. The second-order valence-electron chi connectivity index (χ2n) is 6.79. The van der Waals surface area contributed by atoms with Crippen LogP contribution in [-0.2, 0) is 14.4 Å². The highest BCUT2D eigenvalue weighted by Gasteiger charge is 2.56. The first-order valence-corrected chi connectivity index (χ1v) is 8.96. The van der Waals surface area contributed by atoms with Crippen LogP contribution in [0.2, 0.25) is 0 Å². The van der Waals surface area contributed by atoms with Crippen molar-refractivity contribution in [1.29, 1.82) is 0 Å². The number of hydrogen-bond acceptors (Lipinski definition) is 8. The van der Waals surface area contributed by atoms with E-state index < -0.39 is 28.8 Å². The lowest BCUT2D eigenvalue weighted by Crippen LogP contribution is -2.33. The van der Waals surface area contributed by atoms with Crippen molar-refractivity contribution in [2.24, 2.45) is 11.1 Å². The summed E-state index contributed by atoms with van der Waals surface area (Å²) in [6, 6.07) is 9.16. The van der Waals surface area contributed by atoms with Gasteiger partial charge in [-0.05, 0) is 25.1 Å². The molecule has 2 aromatic carbocycles. The summed E-state index contributed by atoms with van der Waals surface area (Å²) in [4.78, 5) is 43.0. The first-order valence-electron chi connectivity index (χ1n) is 8.96. The van der Waals surface area contributed by atoms with Gasteiger partial charge >= 0.3 is 0 Å². The smallest absolute Gasteiger partial charge is 0.278 e. The zero-order valence-electron chi connectivity index (χ0n) is 16.3. The Morgan fingerprint density at radius 3 is 2.53 bits per heavy atom. The third kappa shape index (κ3) is 2.84. The Bertz CT molecular complexity index is 1110. The number of rotatable bonds is 5. The molecule has 0 saturated carbocycles. The van der Waals surface area contributed by atoms with Gasteiger partial charge in [-0.2, -0.15) is 0 Å². The molecule has 30 heavy (non-hydrogen) atoms. The molecule has 0 spiro atoms. The number of aryl methyl sites for hydroxylation is 1. The number of fused-ring (bicyclic) bond motifs is 1. The van der Waals surface area contributed by atoms with Gasteiger partial charge in [0, 0.05) is 23.3 Å². The molecule has 1 saturated heterocycles. The molecule has 0 radical (unpaired) electrons. The lowest BCUT2D eigenvalue weighted by atomic mass is 9.93. The number of nitrogens with zero attached hydrogens (tertiary/aromatic N) is 3. The maximum Gasteiger partial charge on any atom is 0.278 e. The highest BCUT2D eigenvalue weighted by atomic mass is 16.7. The summed E-state index contributed by atoms with van der Waals surface area (Å²) in [7, 11) is 2.98. The highest BCUT2D eigenvalue weighted by Crippen LogP contribution is 2.39. The number of hydrogen-bond donors (Lipinski definition) is 0. The van der Waals surface area contributed by atoms with Crippen LogP contribution >= 0.6 is 0 Å². The number of imide groups is 1. The van der Waals surface area contributed by atoms with E-state index in [0.29, 0.717) is 22.6 Å². The molecule has 1 fully saturated rings. The second-order valence-corrected chi connectivity index (χ2v) is 6.79. The Labute approximate surface area is 170 Å². The molecule has 2 amide bonds. The molecule has 10 nitrogen and oxygen atoms in total. The maximum atomic E-state index is 13.2. The minimum atomic E-state index is -1.14. The molecule has 4 rings (SSSR count). The van der Waals surface area contributed by atoms with E-state index >= 15 is 0 Å². The van der Waals surface area contributed by atoms with Crippen LogP contribution < -0.4 is 14.4 Å². The predicted octanol–water partition coefficient (Wildman–Crippen LogP) is 2.21. The third-order valence-electron chi connectivity index (χ3n) is 5.14. The lowest BCUT2D eigenvalue weighted by Gasteiger charge is -2.16. The summed E-state index contributed by atoms with van der Waals surface area (Å²) in [5.41, 5.74) is 1.09. The Morgan fingerprint density at radius 2 is 1.87 bits per heavy atom. The van der Waals surface area contributed by atoms with Gasteiger partial charge in [-0.15, -0.1) is 0 Å². The minimum absolute atomic E-state index is 0.112. The largest absolute Gasteiger partial charge is 0.497 e. The number of amides is 2. The number of oxime groups is 1. The van der Waals surface area contributed by atoms with E-state index in [-0.39, 0.29) is 17.1 Å². The fraction of sp³-hybridized carbons (Fsp3) is 0.250. The van der Waals surface area contributed by atoms with E-state index in [1.807, 2.05) is 0 Å². The zero-order valence-corrected chi connectivity index (χ0v) is 16.3. The van der Waals surface area contributed by atoms with Crippen molar-refractivity contribution in [3.05, 3.63) is 57.6 Å². The molecule has 154 valence electrons. The van der Waals surface area contributed by atoms with Gasteiger partial charge in [0.2, 0.25) is 12.0 Å². The lowest BCUT2D eigenvalue weighted by molar-refractivity contribution is -0.385. The summed E-state index contributed by atoms with van der Waals surface area (Å²) < 4.78 is 10.6. The molecule has 0 aliphatic carbocycles. The van der Waals surface area contributed by atoms with Gasteiger partial charge in [-0.25, -0.2) is 4.90 Å². The number of carbonyl (C=O) groups is 2. The molecular weight excluding hydrogens is 394 g/mol. The summed E-state index contributed by atoms with van der Waals surface area (Å²) in [5.74, 6) is -1.23.